The maximum absolute atomic E-state index is 4.34. The number of benzene rings is 1. The number of rotatable bonds is 6. The quantitative estimate of drug-likeness (QED) is 0.866. The molecule has 108 valence electrons. The van der Waals surface area contributed by atoms with E-state index in [9.17, 15) is 0 Å². The van der Waals surface area contributed by atoms with Gasteiger partial charge in [-0.3, -0.25) is 0 Å². The summed E-state index contributed by atoms with van der Waals surface area (Å²) < 4.78 is 2.24. The first-order chi connectivity index (χ1) is 9.63. The lowest BCUT2D eigenvalue weighted by Crippen LogP contribution is -2.29. The number of imidazole rings is 1. The van der Waals surface area contributed by atoms with E-state index in [1.54, 1.807) is 0 Å². The molecular formula is C17H25N3. The molecule has 20 heavy (non-hydrogen) atoms. The van der Waals surface area contributed by atoms with Gasteiger partial charge >= 0.3 is 0 Å². The van der Waals surface area contributed by atoms with Crippen molar-refractivity contribution in [3.8, 4) is 0 Å². The highest BCUT2D eigenvalue weighted by Crippen LogP contribution is 2.27. The molecule has 1 N–H and O–H groups in total. The largest absolute Gasteiger partial charge is 0.330 e. The Morgan fingerprint density at radius 2 is 1.90 bits per heavy atom. The highest BCUT2D eigenvalue weighted by Gasteiger charge is 2.20. The molecule has 0 fully saturated rings. The highest BCUT2D eigenvalue weighted by atomic mass is 15.1. The molecule has 1 heterocycles. The van der Waals surface area contributed by atoms with Crippen molar-refractivity contribution in [1.82, 2.24) is 14.9 Å². The third kappa shape index (κ3) is 3.28. The molecule has 2 aromatic rings. The summed E-state index contributed by atoms with van der Waals surface area (Å²) in [5.74, 6) is 1.06. The molecule has 1 aromatic carbocycles. The lowest BCUT2D eigenvalue weighted by molar-refractivity contribution is 0.374. The summed E-state index contributed by atoms with van der Waals surface area (Å²) in [5.41, 5.74) is 2.64. The van der Waals surface area contributed by atoms with Crippen LogP contribution in [0.15, 0.2) is 36.7 Å². The first-order valence-electron chi connectivity index (χ1n) is 7.43. The fourth-order valence-electron chi connectivity index (χ4n) is 2.62. The fourth-order valence-corrected chi connectivity index (χ4v) is 2.62. The van der Waals surface area contributed by atoms with E-state index in [1.807, 2.05) is 6.20 Å². The van der Waals surface area contributed by atoms with Crippen molar-refractivity contribution in [2.75, 3.05) is 6.54 Å². The average molecular weight is 271 g/mol. The minimum Gasteiger partial charge on any atom is -0.330 e. The highest BCUT2D eigenvalue weighted by molar-refractivity contribution is 5.25. The Morgan fingerprint density at radius 1 is 1.20 bits per heavy atom. The van der Waals surface area contributed by atoms with Gasteiger partial charge in [0.15, 0.2) is 0 Å². The zero-order chi connectivity index (χ0) is 14.5. The van der Waals surface area contributed by atoms with E-state index in [0.29, 0.717) is 12.1 Å². The Bertz CT molecular complexity index is 527. The summed E-state index contributed by atoms with van der Waals surface area (Å²) in [4.78, 5) is 4.34. The Balaban J connectivity index is 2.27. The molecule has 3 heteroatoms. The fraction of sp³-hybridized carbons (Fsp3) is 0.471. The third-order valence-corrected chi connectivity index (χ3v) is 3.83. The molecule has 0 radical (unpaired) electrons. The summed E-state index contributed by atoms with van der Waals surface area (Å²) in [6.07, 6.45) is 5.07. The number of nitrogens with one attached hydrogen (secondary N) is 1. The second-order valence-electron chi connectivity index (χ2n) is 5.46. The van der Waals surface area contributed by atoms with Crippen molar-refractivity contribution in [2.45, 2.75) is 46.2 Å². The molecule has 3 nitrogen and oxygen atoms in total. The predicted molar refractivity (Wildman–Crippen MR) is 83.9 cm³/mol. The minimum absolute atomic E-state index is 0.309. The minimum atomic E-state index is 0.309. The third-order valence-electron chi connectivity index (χ3n) is 3.83. The standard InChI is InChI=1S/C17H25N3/c1-5-10-19-17(16-8-6-13(2)7-9-16)14(3)20-12-11-18-15(20)4/h6-9,11-12,14,17,19H,5,10H2,1-4H3. The van der Waals surface area contributed by atoms with Crippen LogP contribution < -0.4 is 5.32 Å². The van der Waals surface area contributed by atoms with Crippen LogP contribution in [0.5, 0.6) is 0 Å². The van der Waals surface area contributed by atoms with Gasteiger partial charge in [0.25, 0.3) is 0 Å². The van der Waals surface area contributed by atoms with Crippen LogP contribution in [0.25, 0.3) is 0 Å². The van der Waals surface area contributed by atoms with Gasteiger partial charge in [-0.1, -0.05) is 36.8 Å². The van der Waals surface area contributed by atoms with Crippen molar-refractivity contribution >= 4 is 0 Å². The van der Waals surface area contributed by atoms with Crippen LogP contribution in [0, 0.1) is 13.8 Å². The van der Waals surface area contributed by atoms with Crippen LogP contribution >= 0.6 is 0 Å². The van der Waals surface area contributed by atoms with E-state index in [0.717, 1.165) is 18.8 Å². The van der Waals surface area contributed by atoms with E-state index >= 15 is 0 Å². The van der Waals surface area contributed by atoms with Crippen LogP contribution in [0.1, 0.15) is 49.3 Å². The van der Waals surface area contributed by atoms with Gasteiger partial charge in [-0.25, -0.2) is 4.98 Å². The van der Waals surface area contributed by atoms with Crippen molar-refractivity contribution in [3.05, 3.63) is 53.6 Å². The Hall–Kier alpha value is -1.61. The van der Waals surface area contributed by atoms with Crippen LogP contribution in [0.3, 0.4) is 0 Å². The van der Waals surface area contributed by atoms with Gasteiger partial charge in [0.1, 0.15) is 5.82 Å². The number of aromatic nitrogens is 2. The van der Waals surface area contributed by atoms with Crippen LogP contribution in [-0.4, -0.2) is 16.1 Å². The van der Waals surface area contributed by atoms with E-state index in [1.165, 1.54) is 11.1 Å². The van der Waals surface area contributed by atoms with E-state index < -0.39 is 0 Å². The number of nitrogens with zero attached hydrogens (tertiary/aromatic N) is 2. The summed E-state index contributed by atoms with van der Waals surface area (Å²) in [7, 11) is 0. The number of aryl methyl sites for hydroxylation is 2. The molecule has 0 aliphatic rings. The van der Waals surface area contributed by atoms with Crippen LogP contribution in [0.2, 0.25) is 0 Å². The monoisotopic (exact) mass is 271 g/mol. The number of hydrogen-bond acceptors (Lipinski definition) is 2. The lowest BCUT2D eigenvalue weighted by Gasteiger charge is -2.27. The Kier molecular flexibility index (Phi) is 4.96. The van der Waals surface area contributed by atoms with E-state index in [4.69, 9.17) is 0 Å². The second-order valence-corrected chi connectivity index (χ2v) is 5.46. The van der Waals surface area contributed by atoms with Crippen molar-refractivity contribution in [2.24, 2.45) is 0 Å². The summed E-state index contributed by atoms with van der Waals surface area (Å²) in [5, 5.41) is 3.67. The van der Waals surface area contributed by atoms with Crippen molar-refractivity contribution < 1.29 is 0 Å². The predicted octanol–water partition coefficient (Wildman–Crippen LogP) is 3.80. The normalized spacial score (nSPS) is 14.2. The van der Waals surface area contributed by atoms with Gasteiger partial charge in [0.2, 0.25) is 0 Å². The summed E-state index contributed by atoms with van der Waals surface area (Å²) in [6.45, 7) is 9.66. The van der Waals surface area contributed by atoms with E-state index in [-0.39, 0.29) is 0 Å². The van der Waals surface area contributed by atoms with Crippen LogP contribution in [-0.2, 0) is 0 Å². The van der Waals surface area contributed by atoms with Crippen LogP contribution in [0.4, 0.5) is 0 Å². The zero-order valence-electron chi connectivity index (χ0n) is 12.9. The molecule has 2 rings (SSSR count). The first kappa shape index (κ1) is 14.8. The molecule has 0 bridgehead atoms. The van der Waals surface area contributed by atoms with Gasteiger partial charge in [-0.15, -0.1) is 0 Å². The molecule has 1 aromatic heterocycles. The Labute approximate surface area is 122 Å². The van der Waals surface area contributed by atoms with Gasteiger partial charge in [-0.2, -0.15) is 0 Å². The molecule has 2 unspecified atom stereocenters. The summed E-state index contributed by atoms with van der Waals surface area (Å²) in [6, 6.07) is 9.47. The molecule has 0 aliphatic heterocycles. The molecular weight excluding hydrogens is 246 g/mol. The molecule has 2 atom stereocenters. The van der Waals surface area contributed by atoms with Gasteiger partial charge in [-0.05, 0) is 39.3 Å². The average Bonchev–Trinajstić information content (AvgIpc) is 2.87. The topological polar surface area (TPSA) is 29.9 Å². The molecule has 0 saturated carbocycles. The number of hydrogen-bond donors (Lipinski definition) is 1. The SMILES string of the molecule is CCCNC(c1ccc(C)cc1)C(C)n1ccnc1C. The molecule has 0 spiro atoms. The molecule has 0 saturated heterocycles. The maximum atomic E-state index is 4.34. The van der Waals surface area contributed by atoms with Crippen molar-refractivity contribution in [3.63, 3.8) is 0 Å². The van der Waals surface area contributed by atoms with Crippen molar-refractivity contribution in [1.29, 1.82) is 0 Å². The van der Waals surface area contributed by atoms with Gasteiger partial charge in [0, 0.05) is 12.4 Å². The van der Waals surface area contributed by atoms with E-state index in [2.05, 4.69) is 73.0 Å². The lowest BCUT2D eigenvalue weighted by atomic mass is 9.99. The maximum Gasteiger partial charge on any atom is 0.105 e. The molecule has 0 amide bonds. The first-order valence-corrected chi connectivity index (χ1v) is 7.43. The van der Waals surface area contributed by atoms with Gasteiger partial charge in [0.05, 0.1) is 12.1 Å². The molecule has 0 aliphatic carbocycles. The van der Waals surface area contributed by atoms with Gasteiger partial charge < -0.3 is 9.88 Å². The summed E-state index contributed by atoms with van der Waals surface area (Å²) >= 11 is 0. The zero-order valence-corrected chi connectivity index (χ0v) is 12.9. The Morgan fingerprint density at radius 3 is 2.45 bits per heavy atom. The second kappa shape index (κ2) is 6.71. The smallest absolute Gasteiger partial charge is 0.105 e.